The molecule has 23 heavy (non-hydrogen) atoms. The summed E-state index contributed by atoms with van der Waals surface area (Å²) >= 11 is 0. The van der Waals surface area contributed by atoms with Crippen LogP contribution < -0.4 is 16.4 Å². The molecule has 0 unspecified atom stereocenters. The number of alkyl halides is 3. The average molecular weight is 327 g/mol. The Labute approximate surface area is 132 Å². The maximum Gasteiger partial charge on any atom is 0.396 e. The molecule has 2 fully saturated rings. The van der Waals surface area contributed by atoms with E-state index in [1.54, 1.807) is 12.1 Å². The van der Waals surface area contributed by atoms with E-state index in [1.807, 2.05) is 12.1 Å². The number of carbonyl (C=O) groups excluding carboxylic acids is 1. The van der Waals surface area contributed by atoms with E-state index in [0.717, 1.165) is 12.0 Å². The molecule has 1 aromatic rings. The lowest BCUT2D eigenvalue weighted by molar-refractivity contribution is -0.190. The van der Waals surface area contributed by atoms with Crippen molar-refractivity contribution in [2.75, 3.05) is 26.2 Å². The molecule has 126 valence electrons. The Bertz CT molecular complexity index is 602. The highest BCUT2D eigenvalue weighted by Crippen LogP contribution is 2.72. The van der Waals surface area contributed by atoms with Crippen molar-refractivity contribution in [2.24, 2.45) is 16.6 Å². The Hall–Kier alpha value is -1.60. The molecule has 3 rings (SSSR count). The second kappa shape index (κ2) is 5.49. The Morgan fingerprint density at radius 2 is 1.96 bits per heavy atom. The van der Waals surface area contributed by atoms with E-state index in [4.69, 9.17) is 5.73 Å². The van der Waals surface area contributed by atoms with Crippen molar-refractivity contribution >= 4 is 5.91 Å². The third-order valence-corrected chi connectivity index (χ3v) is 5.20. The van der Waals surface area contributed by atoms with Gasteiger partial charge >= 0.3 is 6.18 Å². The highest BCUT2D eigenvalue weighted by molar-refractivity contribution is 5.94. The lowest BCUT2D eigenvalue weighted by Gasteiger charge is -2.20. The van der Waals surface area contributed by atoms with Crippen LogP contribution in [0.25, 0.3) is 0 Å². The molecule has 2 atom stereocenters. The summed E-state index contributed by atoms with van der Waals surface area (Å²) < 4.78 is 39.7. The quantitative estimate of drug-likeness (QED) is 0.767. The van der Waals surface area contributed by atoms with E-state index in [9.17, 15) is 18.0 Å². The summed E-state index contributed by atoms with van der Waals surface area (Å²) in [6.45, 7) is 0.811. The third kappa shape index (κ3) is 2.61. The SMILES string of the molecule is NCCc1ccc(C(=O)NC[C@@]23CNC[C@]2(C(F)(F)F)C3)cc1. The van der Waals surface area contributed by atoms with Crippen LogP contribution in [0.2, 0.25) is 0 Å². The van der Waals surface area contributed by atoms with Crippen LogP contribution in [0.4, 0.5) is 13.2 Å². The summed E-state index contributed by atoms with van der Waals surface area (Å²) in [5.74, 6) is -0.339. The van der Waals surface area contributed by atoms with Crippen LogP contribution in [-0.2, 0) is 6.42 Å². The van der Waals surface area contributed by atoms with Gasteiger partial charge in [0.1, 0.15) is 0 Å². The third-order valence-electron chi connectivity index (χ3n) is 5.20. The van der Waals surface area contributed by atoms with E-state index in [2.05, 4.69) is 10.6 Å². The zero-order chi connectivity index (χ0) is 16.7. The fourth-order valence-electron chi connectivity index (χ4n) is 3.67. The molecule has 1 aromatic carbocycles. The van der Waals surface area contributed by atoms with Gasteiger partial charge in [-0.2, -0.15) is 13.2 Å². The van der Waals surface area contributed by atoms with E-state index >= 15 is 0 Å². The number of fused-ring (bicyclic) bond motifs is 1. The fraction of sp³-hybridized carbons (Fsp3) is 0.562. The first-order valence-corrected chi connectivity index (χ1v) is 7.68. The van der Waals surface area contributed by atoms with Gasteiger partial charge in [-0.05, 0) is 37.1 Å². The molecule has 0 aromatic heterocycles. The molecular weight excluding hydrogens is 307 g/mol. The second-order valence-corrected chi connectivity index (χ2v) is 6.56. The first kappa shape index (κ1) is 16.3. The van der Waals surface area contributed by atoms with Gasteiger partial charge in [0.05, 0.1) is 5.41 Å². The minimum Gasteiger partial charge on any atom is -0.351 e. The van der Waals surface area contributed by atoms with Crippen molar-refractivity contribution in [3.63, 3.8) is 0 Å². The smallest absolute Gasteiger partial charge is 0.351 e. The van der Waals surface area contributed by atoms with Gasteiger partial charge in [0.2, 0.25) is 0 Å². The Morgan fingerprint density at radius 3 is 2.52 bits per heavy atom. The monoisotopic (exact) mass is 327 g/mol. The number of hydrogen-bond donors (Lipinski definition) is 3. The maximum absolute atomic E-state index is 13.2. The summed E-state index contributed by atoms with van der Waals surface area (Å²) in [5, 5.41) is 5.48. The highest BCUT2D eigenvalue weighted by atomic mass is 19.4. The second-order valence-electron chi connectivity index (χ2n) is 6.56. The van der Waals surface area contributed by atoms with Gasteiger partial charge in [-0.25, -0.2) is 0 Å². The number of amides is 1. The normalized spacial score (nSPS) is 29.2. The molecule has 2 aliphatic rings. The molecule has 1 saturated carbocycles. The molecule has 1 amide bonds. The molecular formula is C16H20F3N3O. The molecule has 1 saturated heterocycles. The van der Waals surface area contributed by atoms with E-state index < -0.39 is 17.0 Å². The minimum atomic E-state index is -4.23. The Balaban J connectivity index is 1.62. The molecule has 0 bridgehead atoms. The van der Waals surface area contributed by atoms with E-state index in [-0.39, 0.29) is 25.4 Å². The van der Waals surface area contributed by atoms with E-state index in [0.29, 0.717) is 18.7 Å². The lowest BCUT2D eigenvalue weighted by atomic mass is 9.95. The standard InChI is InChI=1S/C16H20F3N3O/c17-16(18,19)15-7-14(15,8-21-10-15)9-22-13(23)12-3-1-11(2-4-12)5-6-20/h1-4,21H,5-10,20H2,(H,22,23)/t14-,15-/m1/s1. The summed E-state index contributed by atoms with van der Waals surface area (Å²) in [6.07, 6.45) is -3.41. The number of piperidine rings is 1. The molecule has 4 N–H and O–H groups in total. The number of carbonyl (C=O) groups is 1. The van der Waals surface area contributed by atoms with Crippen LogP contribution in [0.3, 0.4) is 0 Å². The number of rotatable bonds is 5. The first-order chi connectivity index (χ1) is 10.8. The Kier molecular flexibility index (Phi) is 3.88. The van der Waals surface area contributed by atoms with Crippen LogP contribution in [-0.4, -0.2) is 38.3 Å². The van der Waals surface area contributed by atoms with Crippen molar-refractivity contribution in [1.82, 2.24) is 10.6 Å². The van der Waals surface area contributed by atoms with Crippen LogP contribution in [0.15, 0.2) is 24.3 Å². The average Bonchev–Trinajstić information content (AvgIpc) is 3.03. The van der Waals surface area contributed by atoms with Gasteiger partial charge in [0.25, 0.3) is 5.91 Å². The van der Waals surface area contributed by atoms with Gasteiger partial charge in [0.15, 0.2) is 0 Å². The fourth-order valence-corrected chi connectivity index (χ4v) is 3.67. The van der Waals surface area contributed by atoms with Gasteiger partial charge in [0, 0.05) is 30.6 Å². The van der Waals surface area contributed by atoms with Crippen LogP contribution in [0.5, 0.6) is 0 Å². The predicted octanol–water partition coefficient (Wildman–Crippen LogP) is 1.46. The van der Waals surface area contributed by atoms with Crippen LogP contribution >= 0.6 is 0 Å². The number of hydrogen-bond acceptors (Lipinski definition) is 3. The summed E-state index contributed by atoms with van der Waals surface area (Å²) in [4.78, 5) is 12.1. The molecule has 1 aliphatic heterocycles. The predicted molar refractivity (Wildman–Crippen MR) is 79.9 cm³/mol. The first-order valence-electron chi connectivity index (χ1n) is 7.68. The van der Waals surface area contributed by atoms with Crippen molar-refractivity contribution < 1.29 is 18.0 Å². The lowest BCUT2D eigenvalue weighted by Crippen LogP contribution is -2.37. The largest absolute Gasteiger partial charge is 0.396 e. The molecule has 7 heteroatoms. The summed E-state index contributed by atoms with van der Waals surface area (Å²) in [5.41, 5.74) is 4.39. The molecule has 0 radical (unpaired) electrons. The van der Waals surface area contributed by atoms with Crippen molar-refractivity contribution in [2.45, 2.75) is 19.0 Å². The number of benzene rings is 1. The Morgan fingerprint density at radius 1 is 1.26 bits per heavy atom. The number of nitrogens with one attached hydrogen (secondary N) is 2. The zero-order valence-electron chi connectivity index (χ0n) is 12.7. The minimum absolute atomic E-state index is 0.0445. The van der Waals surface area contributed by atoms with Crippen LogP contribution in [0.1, 0.15) is 22.3 Å². The number of nitrogens with two attached hydrogens (primary N) is 1. The van der Waals surface area contributed by atoms with Crippen molar-refractivity contribution in [3.8, 4) is 0 Å². The molecule has 1 heterocycles. The van der Waals surface area contributed by atoms with Crippen molar-refractivity contribution in [3.05, 3.63) is 35.4 Å². The van der Waals surface area contributed by atoms with Crippen LogP contribution in [0, 0.1) is 10.8 Å². The number of halogens is 3. The van der Waals surface area contributed by atoms with Gasteiger partial charge < -0.3 is 16.4 Å². The topological polar surface area (TPSA) is 67.2 Å². The molecule has 1 aliphatic carbocycles. The summed E-state index contributed by atoms with van der Waals surface area (Å²) in [7, 11) is 0. The van der Waals surface area contributed by atoms with Gasteiger partial charge in [-0.15, -0.1) is 0 Å². The van der Waals surface area contributed by atoms with Gasteiger partial charge in [-0.3, -0.25) is 4.79 Å². The van der Waals surface area contributed by atoms with Crippen molar-refractivity contribution in [1.29, 1.82) is 0 Å². The molecule has 4 nitrogen and oxygen atoms in total. The summed E-state index contributed by atoms with van der Waals surface area (Å²) in [6, 6.07) is 6.98. The zero-order valence-corrected chi connectivity index (χ0v) is 12.7. The van der Waals surface area contributed by atoms with Gasteiger partial charge in [-0.1, -0.05) is 12.1 Å². The highest BCUT2D eigenvalue weighted by Gasteiger charge is 2.81. The maximum atomic E-state index is 13.2. The molecule has 0 spiro atoms. The van der Waals surface area contributed by atoms with E-state index in [1.165, 1.54) is 0 Å².